The number of ether oxygens (including phenoxy) is 1. The van der Waals surface area contributed by atoms with E-state index in [2.05, 4.69) is 0 Å². The van der Waals surface area contributed by atoms with Gasteiger partial charge in [-0.2, -0.15) is 13.2 Å². The van der Waals surface area contributed by atoms with E-state index in [9.17, 15) is 27.7 Å². The lowest BCUT2D eigenvalue weighted by Crippen LogP contribution is -2.19. The van der Waals surface area contributed by atoms with E-state index in [1.807, 2.05) is 0 Å². The van der Waals surface area contributed by atoms with Crippen LogP contribution in [0.2, 0.25) is 0 Å². The Kier molecular flexibility index (Phi) is 4.63. The second-order valence-corrected chi connectivity index (χ2v) is 4.99. The molecule has 0 amide bonds. The van der Waals surface area contributed by atoms with E-state index < -0.39 is 45.4 Å². The van der Waals surface area contributed by atoms with Crippen LogP contribution in [-0.2, 0) is 6.18 Å². The predicted molar refractivity (Wildman–Crippen MR) is 78.9 cm³/mol. The predicted octanol–water partition coefficient (Wildman–Crippen LogP) is 4.61. The molecule has 2 aromatic carbocycles. The van der Waals surface area contributed by atoms with E-state index in [0.29, 0.717) is 0 Å². The van der Waals surface area contributed by atoms with E-state index in [4.69, 9.17) is 4.74 Å². The molecule has 0 aliphatic heterocycles. The van der Waals surface area contributed by atoms with Crippen molar-refractivity contribution in [2.24, 2.45) is 0 Å². The monoisotopic (exact) mass is 344 g/mol. The first kappa shape index (κ1) is 17.5. The van der Waals surface area contributed by atoms with Gasteiger partial charge in [0, 0.05) is 20.2 Å². The number of nitro groups is 1. The topological polar surface area (TPSA) is 55.6 Å². The number of para-hydroxylation sites is 1. The first-order chi connectivity index (χ1) is 11.1. The molecule has 0 fully saturated rings. The average molecular weight is 344 g/mol. The largest absolute Gasteiger partial charge is 0.454 e. The Balaban J connectivity index is 2.70. The molecular formula is C15H12F4N2O3. The molecule has 24 heavy (non-hydrogen) atoms. The fraction of sp³-hybridized carbons (Fsp3) is 0.200. The van der Waals surface area contributed by atoms with Gasteiger partial charge in [0.25, 0.3) is 5.69 Å². The van der Waals surface area contributed by atoms with Gasteiger partial charge in [-0.3, -0.25) is 10.1 Å². The molecule has 0 aliphatic carbocycles. The van der Waals surface area contributed by atoms with Crippen molar-refractivity contribution in [3.05, 3.63) is 57.9 Å². The standard InChI is InChI=1S/C15H12F4N2O3/c1-20(2)14-10(21(22)23)7-8-12(13(14)15(17,18)19)24-11-6-4-3-5-9(11)16/h3-8H,1-2H3. The summed E-state index contributed by atoms with van der Waals surface area (Å²) in [6, 6.07) is 6.63. The lowest BCUT2D eigenvalue weighted by Gasteiger charge is -2.22. The van der Waals surface area contributed by atoms with Crippen LogP contribution in [0.4, 0.5) is 28.9 Å². The van der Waals surface area contributed by atoms with Crippen molar-refractivity contribution in [1.29, 1.82) is 0 Å². The van der Waals surface area contributed by atoms with Gasteiger partial charge in [0.2, 0.25) is 0 Å². The molecule has 0 bridgehead atoms. The number of nitrogens with zero attached hydrogens (tertiary/aromatic N) is 2. The van der Waals surface area contributed by atoms with Gasteiger partial charge in [-0.05, 0) is 18.2 Å². The molecule has 0 heterocycles. The van der Waals surface area contributed by atoms with Crippen molar-refractivity contribution in [3.63, 3.8) is 0 Å². The second-order valence-electron chi connectivity index (χ2n) is 4.99. The lowest BCUT2D eigenvalue weighted by atomic mass is 10.1. The maximum absolute atomic E-state index is 13.6. The third-order valence-corrected chi connectivity index (χ3v) is 3.10. The Bertz CT molecular complexity index is 776. The zero-order valence-corrected chi connectivity index (χ0v) is 12.6. The van der Waals surface area contributed by atoms with Gasteiger partial charge in [-0.1, -0.05) is 12.1 Å². The summed E-state index contributed by atoms with van der Waals surface area (Å²) in [5.74, 6) is -1.99. The normalized spacial score (nSPS) is 11.2. The molecule has 0 aromatic heterocycles. The number of rotatable bonds is 4. The van der Waals surface area contributed by atoms with Crippen LogP contribution in [0.3, 0.4) is 0 Å². The van der Waals surface area contributed by atoms with Crippen molar-refractivity contribution in [3.8, 4) is 11.5 Å². The lowest BCUT2D eigenvalue weighted by molar-refractivity contribution is -0.384. The van der Waals surface area contributed by atoms with Gasteiger partial charge in [-0.15, -0.1) is 0 Å². The van der Waals surface area contributed by atoms with Crippen LogP contribution in [0.25, 0.3) is 0 Å². The number of benzene rings is 2. The number of anilines is 1. The minimum absolute atomic E-state index is 0.415. The Morgan fingerprint density at radius 1 is 1.08 bits per heavy atom. The highest BCUT2D eigenvalue weighted by molar-refractivity contribution is 5.72. The minimum atomic E-state index is -4.94. The maximum Gasteiger partial charge on any atom is 0.422 e. The molecule has 2 aromatic rings. The van der Waals surface area contributed by atoms with Gasteiger partial charge >= 0.3 is 6.18 Å². The van der Waals surface area contributed by atoms with Crippen molar-refractivity contribution in [2.45, 2.75) is 6.18 Å². The molecule has 0 N–H and O–H groups in total. The fourth-order valence-corrected chi connectivity index (χ4v) is 2.17. The Labute approximate surface area is 134 Å². The highest BCUT2D eigenvalue weighted by atomic mass is 19.4. The first-order valence-electron chi connectivity index (χ1n) is 6.61. The van der Waals surface area contributed by atoms with E-state index in [0.717, 1.165) is 29.2 Å². The third kappa shape index (κ3) is 3.39. The molecule has 5 nitrogen and oxygen atoms in total. The zero-order valence-electron chi connectivity index (χ0n) is 12.6. The summed E-state index contributed by atoms with van der Waals surface area (Å²) < 4.78 is 59.2. The quantitative estimate of drug-likeness (QED) is 0.462. The van der Waals surface area contributed by atoms with Crippen molar-refractivity contribution in [2.75, 3.05) is 19.0 Å². The SMILES string of the molecule is CN(C)c1c([N+](=O)[O-])ccc(Oc2ccccc2F)c1C(F)(F)F. The van der Waals surface area contributed by atoms with Gasteiger partial charge < -0.3 is 9.64 Å². The molecule has 0 saturated heterocycles. The Hall–Kier alpha value is -2.84. The summed E-state index contributed by atoms with van der Waals surface area (Å²) in [4.78, 5) is 11.1. The van der Waals surface area contributed by atoms with Crippen LogP contribution in [0.1, 0.15) is 5.56 Å². The number of hydrogen-bond acceptors (Lipinski definition) is 4. The van der Waals surface area contributed by atoms with E-state index in [1.165, 1.54) is 26.2 Å². The molecule has 2 rings (SSSR count). The van der Waals surface area contributed by atoms with Crippen molar-refractivity contribution in [1.82, 2.24) is 0 Å². The third-order valence-electron chi connectivity index (χ3n) is 3.10. The van der Waals surface area contributed by atoms with Gasteiger partial charge in [0.1, 0.15) is 17.0 Å². The van der Waals surface area contributed by atoms with Crippen molar-refractivity contribution >= 4 is 11.4 Å². The molecule has 9 heteroatoms. The number of halogens is 4. The second kappa shape index (κ2) is 6.34. The number of nitro benzene ring substituents is 1. The highest BCUT2D eigenvalue weighted by Gasteiger charge is 2.41. The molecule has 0 aliphatic rings. The molecule has 0 spiro atoms. The van der Waals surface area contributed by atoms with Crippen LogP contribution in [0.15, 0.2) is 36.4 Å². The Morgan fingerprint density at radius 2 is 1.71 bits per heavy atom. The molecule has 0 saturated carbocycles. The maximum atomic E-state index is 13.6. The number of alkyl halides is 3. The van der Waals surface area contributed by atoms with Crippen LogP contribution < -0.4 is 9.64 Å². The summed E-state index contributed by atoms with van der Waals surface area (Å²) in [5, 5.41) is 11.0. The van der Waals surface area contributed by atoms with Gasteiger partial charge in [0.05, 0.1) is 4.92 Å². The van der Waals surface area contributed by atoms with Gasteiger partial charge in [0.15, 0.2) is 11.6 Å². The van der Waals surface area contributed by atoms with E-state index in [1.54, 1.807) is 0 Å². The molecular weight excluding hydrogens is 332 g/mol. The fourth-order valence-electron chi connectivity index (χ4n) is 2.17. The molecule has 0 atom stereocenters. The van der Waals surface area contributed by atoms with Crippen LogP contribution in [0.5, 0.6) is 11.5 Å². The Morgan fingerprint density at radius 3 is 2.21 bits per heavy atom. The van der Waals surface area contributed by atoms with Crippen molar-refractivity contribution < 1.29 is 27.2 Å². The molecule has 0 unspecified atom stereocenters. The first-order valence-corrected chi connectivity index (χ1v) is 6.61. The summed E-state index contributed by atoms with van der Waals surface area (Å²) in [6.07, 6.45) is -4.94. The van der Waals surface area contributed by atoms with Crippen LogP contribution >= 0.6 is 0 Å². The molecule has 0 radical (unpaired) electrons. The minimum Gasteiger partial charge on any atom is -0.454 e. The van der Waals surface area contributed by atoms with Gasteiger partial charge in [-0.25, -0.2) is 4.39 Å². The van der Waals surface area contributed by atoms with Crippen LogP contribution in [-0.4, -0.2) is 19.0 Å². The number of hydrogen-bond donors (Lipinski definition) is 0. The molecule has 128 valence electrons. The smallest absolute Gasteiger partial charge is 0.422 e. The van der Waals surface area contributed by atoms with E-state index in [-0.39, 0.29) is 0 Å². The summed E-state index contributed by atoms with van der Waals surface area (Å²) in [5.41, 5.74) is -2.74. The zero-order chi connectivity index (χ0) is 18.1. The summed E-state index contributed by atoms with van der Waals surface area (Å²) >= 11 is 0. The highest BCUT2D eigenvalue weighted by Crippen LogP contribution is 2.47. The summed E-state index contributed by atoms with van der Waals surface area (Å²) in [7, 11) is 2.48. The summed E-state index contributed by atoms with van der Waals surface area (Å²) in [6.45, 7) is 0. The van der Waals surface area contributed by atoms with E-state index >= 15 is 0 Å². The van der Waals surface area contributed by atoms with Crippen LogP contribution in [0, 0.1) is 15.9 Å². The average Bonchev–Trinajstić information content (AvgIpc) is 2.47.